The number of hydrogen-bond donors (Lipinski definition) is 0. The first kappa shape index (κ1) is 17.2. The lowest BCUT2D eigenvalue weighted by molar-refractivity contribution is -0.137. The second kappa shape index (κ2) is 6.34. The summed E-state index contributed by atoms with van der Waals surface area (Å²) in [4.78, 5) is 13.7. The number of carbonyl (C=O) groups excluding carboxylic acids is 1. The van der Waals surface area contributed by atoms with Gasteiger partial charge in [-0.15, -0.1) is 0 Å². The molecule has 8 heteroatoms. The molecule has 3 nitrogen and oxygen atoms in total. The standard InChI is InChI=1S/C17H12F5NO2/c18-12-7-14(19)13-9-23(5-6-25-15(13)8-12)16(24)10-1-3-11(4-2-10)17(20,21)22/h1-4,7-8H,5-6,9H2. The minimum absolute atomic E-state index is 0.0141. The highest BCUT2D eigenvalue weighted by Gasteiger charge is 2.31. The lowest BCUT2D eigenvalue weighted by atomic mass is 10.1. The number of rotatable bonds is 1. The fourth-order valence-corrected chi connectivity index (χ4v) is 2.56. The second-order valence-electron chi connectivity index (χ2n) is 5.51. The lowest BCUT2D eigenvalue weighted by Gasteiger charge is -2.20. The van der Waals surface area contributed by atoms with E-state index in [-0.39, 0.29) is 36.6 Å². The SMILES string of the molecule is O=C(c1ccc(C(F)(F)F)cc1)N1CCOc2cc(F)cc(F)c2C1. The van der Waals surface area contributed by atoms with Crippen LogP contribution in [0, 0.1) is 11.6 Å². The van der Waals surface area contributed by atoms with Crippen LogP contribution in [0.3, 0.4) is 0 Å². The number of benzene rings is 2. The molecule has 0 saturated carbocycles. The quantitative estimate of drug-likeness (QED) is 0.722. The smallest absolute Gasteiger partial charge is 0.416 e. The van der Waals surface area contributed by atoms with Crippen LogP contribution in [0.5, 0.6) is 5.75 Å². The summed E-state index contributed by atoms with van der Waals surface area (Å²) in [5.74, 6) is -2.19. The van der Waals surface area contributed by atoms with E-state index in [1.165, 1.54) is 4.90 Å². The minimum atomic E-state index is -4.50. The number of carbonyl (C=O) groups is 1. The van der Waals surface area contributed by atoms with E-state index in [2.05, 4.69) is 0 Å². The zero-order chi connectivity index (χ0) is 18.2. The molecule has 0 unspecified atom stereocenters. The van der Waals surface area contributed by atoms with Crippen LogP contribution in [0.1, 0.15) is 21.5 Å². The molecular weight excluding hydrogens is 345 g/mol. The van der Waals surface area contributed by atoms with Gasteiger partial charge in [-0.25, -0.2) is 8.78 Å². The molecule has 0 saturated heterocycles. The molecule has 0 fully saturated rings. The van der Waals surface area contributed by atoms with Gasteiger partial charge in [-0.2, -0.15) is 13.2 Å². The summed E-state index contributed by atoms with van der Waals surface area (Å²) in [6, 6.07) is 5.48. The van der Waals surface area contributed by atoms with Gasteiger partial charge in [-0.05, 0) is 24.3 Å². The third-order valence-electron chi connectivity index (χ3n) is 3.83. The fourth-order valence-electron chi connectivity index (χ4n) is 2.56. The molecule has 0 aliphatic carbocycles. The van der Waals surface area contributed by atoms with Crippen LogP contribution < -0.4 is 4.74 Å². The van der Waals surface area contributed by atoms with Crippen LogP contribution in [0.25, 0.3) is 0 Å². The average molecular weight is 357 g/mol. The van der Waals surface area contributed by atoms with Crippen molar-refractivity contribution in [2.75, 3.05) is 13.2 Å². The van der Waals surface area contributed by atoms with E-state index in [1.807, 2.05) is 0 Å². The Kier molecular flexibility index (Phi) is 4.36. The molecule has 0 N–H and O–H groups in total. The van der Waals surface area contributed by atoms with Crippen molar-refractivity contribution in [1.29, 1.82) is 0 Å². The molecule has 1 aliphatic rings. The van der Waals surface area contributed by atoms with Crippen molar-refractivity contribution in [3.8, 4) is 5.75 Å². The summed E-state index contributed by atoms with van der Waals surface area (Å²) < 4.78 is 70.2. The average Bonchev–Trinajstić information content (AvgIpc) is 2.76. The van der Waals surface area contributed by atoms with Crippen LogP contribution in [0.15, 0.2) is 36.4 Å². The Labute approximate surface area is 139 Å². The summed E-state index contributed by atoms with van der Waals surface area (Å²) in [7, 11) is 0. The first-order chi connectivity index (χ1) is 11.8. The van der Waals surface area contributed by atoms with Gasteiger partial charge in [-0.1, -0.05) is 0 Å². The predicted molar refractivity (Wildman–Crippen MR) is 78.0 cm³/mol. The number of nitrogens with zero attached hydrogens (tertiary/aromatic N) is 1. The Morgan fingerprint density at radius 3 is 2.40 bits per heavy atom. The molecule has 1 aliphatic heterocycles. The van der Waals surface area contributed by atoms with Gasteiger partial charge in [0.1, 0.15) is 24.0 Å². The van der Waals surface area contributed by atoms with Crippen molar-refractivity contribution in [3.05, 3.63) is 64.7 Å². The third-order valence-corrected chi connectivity index (χ3v) is 3.83. The summed E-state index contributed by atoms with van der Waals surface area (Å²) in [5.41, 5.74) is -0.798. The van der Waals surface area contributed by atoms with Crippen LogP contribution >= 0.6 is 0 Å². The highest BCUT2D eigenvalue weighted by atomic mass is 19.4. The van der Waals surface area contributed by atoms with E-state index in [0.29, 0.717) is 6.07 Å². The van der Waals surface area contributed by atoms with Crippen molar-refractivity contribution in [2.24, 2.45) is 0 Å². The van der Waals surface area contributed by atoms with Gasteiger partial charge in [0, 0.05) is 23.3 Å². The molecule has 1 heterocycles. The van der Waals surface area contributed by atoms with Crippen LogP contribution in [-0.4, -0.2) is 24.0 Å². The van der Waals surface area contributed by atoms with E-state index in [1.54, 1.807) is 0 Å². The Balaban J connectivity index is 1.85. The van der Waals surface area contributed by atoms with Crippen molar-refractivity contribution < 1.29 is 31.5 Å². The van der Waals surface area contributed by atoms with Gasteiger partial charge in [0.15, 0.2) is 0 Å². The predicted octanol–water partition coefficient (Wildman–Crippen LogP) is 4.02. The number of hydrogen-bond acceptors (Lipinski definition) is 2. The first-order valence-corrected chi connectivity index (χ1v) is 7.33. The summed E-state index contributed by atoms with van der Waals surface area (Å²) in [6.45, 7) is -0.0564. The van der Waals surface area contributed by atoms with E-state index in [4.69, 9.17) is 4.74 Å². The zero-order valence-corrected chi connectivity index (χ0v) is 12.7. The summed E-state index contributed by atoms with van der Waals surface area (Å²) >= 11 is 0. The lowest BCUT2D eigenvalue weighted by Crippen LogP contribution is -2.32. The Morgan fingerprint density at radius 2 is 1.76 bits per heavy atom. The van der Waals surface area contributed by atoms with Crippen molar-refractivity contribution >= 4 is 5.91 Å². The van der Waals surface area contributed by atoms with Crippen molar-refractivity contribution in [3.63, 3.8) is 0 Å². The number of halogens is 5. The van der Waals surface area contributed by atoms with Crippen LogP contribution in [-0.2, 0) is 12.7 Å². The molecule has 1 amide bonds. The van der Waals surface area contributed by atoms with Gasteiger partial charge < -0.3 is 9.64 Å². The molecule has 25 heavy (non-hydrogen) atoms. The highest BCUT2D eigenvalue weighted by Crippen LogP contribution is 2.30. The molecule has 0 bridgehead atoms. The number of ether oxygens (including phenoxy) is 1. The van der Waals surface area contributed by atoms with Gasteiger partial charge in [0.2, 0.25) is 0 Å². The maximum atomic E-state index is 14.0. The maximum Gasteiger partial charge on any atom is 0.416 e. The highest BCUT2D eigenvalue weighted by molar-refractivity contribution is 5.94. The van der Waals surface area contributed by atoms with E-state index >= 15 is 0 Å². The number of amides is 1. The molecule has 132 valence electrons. The van der Waals surface area contributed by atoms with Crippen molar-refractivity contribution in [2.45, 2.75) is 12.7 Å². The van der Waals surface area contributed by atoms with Crippen LogP contribution in [0.4, 0.5) is 22.0 Å². The molecule has 0 spiro atoms. The summed E-state index contributed by atoms with van der Waals surface area (Å²) in [6.07, 6.45) is -4.50. The van der Waals surface area contributed by atoms with E-state index < -0.39 is 29.3 Å². The Hall–Kier alpha value is -2.64. The van der Waals surface area contributed by atoms with Gasteiger partial charge in [-0.3, -0.25) is 4.79 Å². The topological polar surface area (TPSA) is 29.5 Å². The molecule has 0 aromatic heterocycles. The monoisotopic (exact) mass is 357 g/mol. The maximum absolute atomic E-state index is 14.0. The molecular formula is C17H12F5NO2. The van der Waals surface area contributed by atoms with Gasteiger partial charge in [0.05, 0.1) is 18.7 Å². The number of fused-ring (bicyclic) bond motifs is 1. The largest absolute Gasteiger partial charge is 0.491 e. The minimum Gasteiger partial charge on any atom is -0.491 e. The first-order valence-electron chi connectivity index (χ1n) is 7.33. The van der Waals surface area contributed by atoms with Crippen molar-refractivity contribution in [1.82, 2.24) is 4.90 Å². The summed E-state index contributed by atoms with van der Waals surface area (Å²) in [5, 5.41) is 0. The second-order valence-corrected chi connectivity index (χ2v) is 5.51. The van der Waals surface area contributed by atoms with Gasteiger partial charge >= 0.3 is 6.18 Å². The zero-order valence-electron chi connectivity index (χ0n) is 12.7. The molecule has 2 aromatic carbocycles. The van der Waals surface area contributed by atoms with Crippen LogP contribution in [0.2, 0.25) is 0 Å². The van der Waals surface area contributed by atoms with Gasteiger partial charge in [0.25, 0.3) is 5.91 Å². The molecule has 2 aromatic rings. The Bertz CT molecular complexity index is 802. The number of alkyl halides is 3. The molecule has 0 radical (unpaired) electrons. The fraction of sp³-hybridized carbons (Fsp3) is 0.235. The third kappa shape index (κ3) is 3.57. The molecule has 3 rings (SSSR count). The van der Waals surface area contributed by atoms with E-state index in [0.717, 1.165) is 30.3 Å². The Morgan fingerprint density at radius 1 is 1.08 bits per heavy atom. The van der Waals surface area contributed by atoms with E-state index in [9.17, 15) is 26.7 Å². The molecule has 0 atom stereocenters. The normalized spacial score (nSPS) is 14.5.